The first-order valence-electron chi connectivity index (χ1n) is 3.01. The van der Waals surface area contributed by atoms with Gasteiger partial charge in [-0.3, -0.25) is 0 Å². The van der Waals surface area contributed by atoms with Gasteiger partial charge in [0.05, 0.1) is 13.2 Å². The van der Waals surface area contributed by atoms with Crippen LogP contribution in [0.15, 0.2) is 0 Å². The van der Waals surface area contributed by atoms with Crippen molar-refractivity contribution in [3.63, 3.8) is 0 Å². The van der Waals surface area contributed by atoms with Crippen LogP contribution in [-0.4, -0.2) is 36.1 Å². The van der Waals surface area contributed by atoms with Crippen LogP contribution in [0.25, 0.3) is 0 Å². The lowest BCUT2D eigenvalue weighted by Gasteiger charge is -2.25. The van der Waals surface area contributed by atoms with E-state index < -0.39 is 5.60 Å². The highest BCUT2D eigenvalue weighted by atomic mass is 16.5. The van der Waals surface area contributed by atoms with Gasteiger partial charge in [0.2, 0.25) is 0 Å². The van der Waals surface area contributed by atoms with E-state index in [0.29, 0.717) is 6.42 Å². The Labute approximate surface area is 55.3 Å². The second-order valence-electron chi connectivity index (χ2n) is 2.06. The molecule has 0 unspecified atom stereocenters. The van der Waals surface area contributed by atoms with Gasteiger partial charge in [0.15, 0.2) is 0 Å². The van der Waals surface area contributed by atoms with Crippen molar-refractivity contribution in [2.45, 2.75) is 18.9 Å². The van der Waals surface area contributed by atoms with Crippen molar-refractivity contribution in [3.05, 3.63) is 0 Å². The maximum atomic E-state index is 8.69. The molecule has 56 valence electrons. The molecule has 0 aliphatic rings. The Morgan fingerprint density at radius 3 is 1.78 bits per heavy atom. The maximum Gasteiger partial charge on any atom is 0.113 e. The zero-order valence-electron chi connectivity index (χ0n) is 5.92. The zero-order valence-corrected chi connectivity index (χ0v) is 5.92. The van der Waals surface area contributed by atoms with Gasteiger partial charge < -0.3 is 14.9 Å². The molecule has 0 radical (unpaired) electrons. The van der Waals surface area contributed by atoms with E-state index >= 15 is 0 Å². The number of aliphatic hydroxyl groups excluding tert-OH is 2. The van der Waals surface area contributed by atoms with Gasteiger partial charge in [-0.05, 0) is 6.42 Å². The van der Waals surface area contributed by atoms with Crippen molar-refractivity contribution in [2.24, 2.45) is 0 Å². The molecule has 9 heavy (non-hydrogen) atoms. The van der Waals surface area contributed by atoms with E-state index in [4.69, 9.17) is 14.9 Å². The molecule has 0 bridgehead atoms. The second-order valence-corrected chi connectivity index (χ2v) is 2.06. The molecule has 0 fully saturated rings. The van der Waals surface area contributed by atoms with Crippen LogP contribution in [0, 0.1) is 0 Å². The number of aliphatic hydroxyl groups is 2. The molecule has 0 aliphatic carbocycles. The smallest absolute Gasteiger partial charge is 0.113 e. The summed E-state index contributed by atoms with van der Waals surface area (Å²) < 4.78 is 4.89. The highest BCUT2D eigenvalue weighted by Gasteiger charge is 2.25. The van der Waals surface area contributed by atoms with Gasteiger partial charge in [-0.15, -0.1) is 0 Å². The Morgan fingerprint density at radius 1 is 1.33 bits per heavy atom. The fraction of sp³-hybridized carbons (Fsp3) is 1.00. The predicted octanol–water partition coefficient (Wildman–Crippen LogP) is -0.234. The van der Waals surface area contributed by atoms with E-state index in [-0.39, 0.29) is 13.2 Å². The lowest BCUT2D eigenvalue weighted by molar-refractivity contribution is -0.0869. The van der Waals surface area contributed by atoms with Crippen molar-refractivity contribution in [1.82, 2.24) is 0 Å². The van der Waals surface area contributed by atoms with E-state index in [0.717, 1.165) is 0 Å². The van der Waals surface area contributed by atoms with Crippen LogP contribution < -0.4 is 0 Å². The summed E-state index contributed by atoms with van der Waals surface area (Å²) in [5.74, 6) is 0. The topological polar surface area (TPSA) is 49.7 Å². The minimum absolute atomic E-state index is 0.128. The Bertz CT molecular complexity index is 51.2. The molecular formula is C6H14O3. The lowest BCUT2D eigenvalue weighted by atomic mass is 10.0. The van der Waals surface area contributed by atoms with E-state index in [1.54, 1.807) is 0 Å². The lowest BCUT2D eigenvalue weighted by Crippen LogP contribution is -2.38. The Kier molecular flexibility index (Phi) is 3.77. The van der Waals surface area contributed by atoms with Gasteiger partial charge >= 0.3 is 0 Å². The fourth-order valence-corrected chi connectivity index (χ4v) is 0.547. The Hall–Kier alpha value is -0.120. The third kappa shape index (κ3) is 1.93. The average molecular weight is 134 g/mol. The molecule has 0 aromatic heterocycles. The van der Waals surface area contributed by atoms with Crippen LogP contribution in [0.1, 0.15) is 13.3 Å². The molecule has 0 aliphatic heterocycles. The highest BCUT2D eigenvalue weighted by molar-refractivity contribution is 4.75. The number of hydrogen-bond acceptors (Lipinski definition) is 3. The quantitative estimate of drug-likeness (QED) is 0.558. The third-order valence-corrected chi connectivity index (χ3v) is 1.65. The zero-order chi connectivity index (χ0) is 7.33. The second kappa shape index (κ2) is 3.82. The van der Waals surface area contributed by atoms with E-state index in [1.165, 1.54) is 7.11 Å². The molecule has 0 aromatic rings. The SMILES string of the molecule is CCC(CO)(CO)OC. The predicted molar refractivity (Wildman–Crippen MR) is 34.2 cm³/mol. The van der Waals surface area contributed by atoms with Crippen LogP contribution in [0.5, 0.6) is 0 Å². The van der Waals surface area contributed by atoms with E-state index in [2.05, 4.69) is 0 Å². The number of rotatable bonds is 4. The molecule has 3 nitrogen and oxygen atoms in total. The fourth-order valence-electron chi connectivity index (χ4n) is 0.547. The third-order valence-electron chi connectivity index (χ3n) is 1.65. The molecule has 0 amide bonds. The molecule has 0 rings (SSSR count). The maximum absolute atomic E-state index is 8.69. The molecule has 0 spiro atoms. The average Bonchev–Trinajstić information content (AvgIpc) is 1.95. The van der Waals surface area contributed by atoms with Crippen molar-refractivity contribution in [2.75, 3.05) is 20.3 Å². The molecule has 0 heterocycles. The monoisotopic (exact) mass is 134 g/mol. The van der Waals surface area contributed by atoms with Crippen molar-refractivity contribution in [3.8, 4) is 0 Å². The van der Waals surface area contributed by atoms with Crippen LogP contribution in [-0.2, 0) is 4.74 Å². The summed E-state index contributed by atoms with van der Waals surface area (Å²) in [7, 11) is 1.48. The van der Waals surface area contributed by atoms with Gasteiger partial charge in [-0.25, -0.2) is 0 Å². The van der Waals surface area contributed by atoms with Crippen molar-refractivity contribution in [1.29, 1.82) is 0 Å². The van der Waals surface area contributed by atoms with Gasteiger partial charge in [0.25, 0.3) is 0 Å². The molecule has 0 saturated carbocycles. The molecule has 0 atom stereocenters. The minimum Gasteiger partial charge on any atom is -0.393 e. The van der Waals surface area contributed by atoms with Crippen LogP contribution in [0.4, 0.5) is 0 Å². The summed E-state index contributed by atoms with van der Waals surface area (Å²) in [4.78, 5) is 0. The molecule has 0 saturated heterocycles. The van der Waals surface area contributed by atoms with E-state index in [1.807, 2.05) is 6.92 Å². The van der Waals surface area contributed by atoms with Gasteiger partial charge in [-0.1, -0.05) is 6.92 Å². The Morgan fingerprint density at radius 2 is 1.78 bits per heavy atom. The van der Waals surface area contributed by atoms with Crippen LogP contribution >= 0.6 is 0 Å². The first kappa shape index (κ1) is 8.88. The number of methoxy groups -OCH3 is 1. The van der Waals surface area contributed by atoms with Gasteiger partial charge in [-0.2, -0.15) is 0 Å². The minimum atomic E-state index is -0.722. The van der Waals surface area contributed by atoms with Crippen molar-refractivity contribution < 1.29 is 14.9 Å². The normalized spacial score (nSPS) is 12.0. The first-order valence-corrected chi connectivity index (χ1v) is 3.01. The highest BCUT2D eigenvalue weighted by Crippen LogP contribution is 2.11. The van der Waals surface area contributed by atoms with Crippen molar-refractivity contribution >= 4 is 0 Å². The number of hydrogen-bond donors (Lipinski definition) is 2. The van der Waals surface area contributed by atoms with E-state index in [9.17, 15) is 0 Å². The van der Waals surface area contributed by atoms with Gasteiger partial charge in [0.1, 0.15) is 5.60 Å². The van der Waals surface area contributed by atoms with Gasteiger partial charge in [0, 0.05) is 7.11 Å². The summed E-state index contributed by atoms with van der Waals surface area (Å²) in [5.41, 5.74) is -0.722. The molecule has 3 heteroatoms. The first-order chi connectivity index (χ1) is 4.24. The number of ether oxygens (including phenoxy) is 1. The summed E-state index contributed by atoms with van der Waals surface area (Å²) in [6.45, 7) is 1.60. The standard InChI is InChI=1S/C6H14O3/c1-3-6(4-7,5-8)9-2/h7-8H,3-5H2,1-2H3. The molecule has 0 aromatic carbocycles. The summed E-state index contributed by atoms with van der Waals surface area (Å²) in [6, 6.07) is 0. The summed E-state index contributed by atoms with van der Waals surface area (Å²) in [5, 5.41) is 17.4. The largest absolute Gasteiger partial charge is 0.393 e. The van der Waals surface area contributed by atoms with Crippen LogP contribution in [0.2, 0.25) is 0 Å². The molecule has 2 N–H and O–H groups in total. The molecular weight excluding hydrogens is 120 g/mol. The summed E-state index contributed by atoms with van der Waals surface area (Å²) in [6.07, 6.45) is 0.622. The van der Waals surface area contributed by atoms with Crippen LogP contribution in [0.3, 0.4) is 0 Å². The Balaban J connectivity index is 3.82. The summed E-state index contributed by atoms with van der Waals surface area (Å²) >= 11 is 0.